The number of halogens is 1. The Labute approximate surface area is 92.7 Å². The van der Waals surface area contributed by atoms with E-state index >= 15 is 0 Å². The predicted molar refractivity (Wildman–Crippen MR) is 57.0 cm³/mol. The lowest BCUT2D eigenvalue weighted by Gasteiger charge is -2.14. The Morgan fingerprint density at radius 1 is 1.60 bits per heavy atom. The van der Waals surface area contributed by atoms with E-state index in [1.165, 1.54) is 0 Å². The van der Waals surface area contributed by atoms with Gasteiger partial charge in [0.15, 0.2) is 0 Å². The molecule has 0 saturated carbocycles. The average molecular weight is 227 g/mol. The van der Waals surface area contributed by atoms with Crippen molar-refractivity contribution in [2.75, 3.05) is 18.5 Å². The van der Waals surface area contributed by atoms with Crippen molar-refractivity contribution < 1.29 is 4.79 Å². The fraction of sp³-hybridized carbons (Fsp3) is 0.444. The van der Waals surface area contributed by atoms with E-state index in [0.717, 1.165) is 0 Å². The van der Waals surface area contributed by atoms with Gasteiger partial charge < -0.3 is 4.90 Å². The molecule has 1 atom stereocenters. The monoisotopic (exact) mass is 226 g/mol. The van der Waals surface area contributed by atoms with Crippen molar-refractivity contribution >= 4 is 23.4 Å². The van der Waals surface area contributed by atoms with Crippen LogP contribution in [0.15, 0.2) is 12.3 Å². The molecule has 80 valence electrons. The van der Waals surface area contributed by atoms with Gasteiger partial charge in [0.05, 0.1) is 0 Å². The van der Waals surface area contributed by atoms with Gasteiger partial charge in [0.25, 0.3) is 0 Å². The zero-order valence-corrected chi connectivity index (χ0v) is 9.27. The van der Waals surface area contributed by atoms with Crippen LogP contribution < -0.4 is 4.90 Å². The fourth-order valence-electron chi connectivity index (χ4n) is 1.51. The molecule has 1 unspecified atom stereocenters. The molecule has 6 heteroatoms. The van der Waals surface area contributed by atoms with Crippen molar-refractivity contribution in [3.05, 3.63) is 17.5 Å². The highest BCUT2D eigenvalue weighted by atomic mass is 35.5. The molecule has 15 heavy (non-hydrogen) atoms. The summed E-state index contributed by atoms with van der Waals surface area (Å²) in [5.74, 6) is 0.552. The van der Waals surface area contributed by atoms with Crippen LogP contribution in [-0.4, -0.2) is 40.5 Å². The second kappa shape index (κ2) is 3.66. The first-order valence-corrected chi connectivity index (χ1v) is 5.00. The lowest BCUT2D eigenvalue weighted by atomic mass is 10.3. The maximum absolute atomic E-state index is 11.8. The minimum absolute atomic E-state index is 0.0581. The molecular weight excluding hydrogens is 216 g/mol. The summed E-state index contributed by atoms with van der Waals surface area (Å²) in [6, 6.07) is 1.80. The first kappa shape index (κ1) is 10.2. The molecule has 0 aliphatic carbocycles. The van der Waals surface area contributed by atoms with Gasteiger partial charge in [-0.3, -0.25) is 4.90 Å². The third-order valence-electron chi connectivity index (χ3n) is 2.53. The second-order valence-corrected chi connectivity index (χ2v) is 3.88. The van der Waals surface area contributed by atoms with Crippen LogP contribution in [0.3, 0.4) is 0 Å². The second-order valence-electron chi connectivity index (χ2n) is 3.54. The molecule has 0 bridgehead atoms. The summed E-state index contributed by atoms with van der Waals surface area (Å²) in [4.78, 5) is 22.8. The van der Waals surface area contributed by atoms with E-state index in [4.69, 9.17) is 11.6 Å². The van der Waals surface area contributed by atoms with Crippen molar-refractivity contribution in [1.29, 1.82) is 0 Å². The molecule has 1 aliphatic rings. The molecule has 0 aromatic carbocycles. The van der Waals surface area contributed by atoms with Gasteiger partial charge in [0.2, 0.25) is 5.28 Å². The number of urea groups is 1. The first-order valence-electron chi connectivity index (χ1n) is 4.62. The van der Waals surface area contributed by atoms with E-state index in [0.29, 0.717) is 12.4 Å². The highest BCUT2D eigenvalue weighted by Gasteiger charge is 2.33. The minimum atomic E-state index is -0.0581. The van der Waals surface area contributed by atoms with Crippen LogP contribution in [0.5, 0.6) is 0 Å². The van der Waals surface area contributed by atoms with Crippen LogP contribution in [0.4, 0.5) is 10.6 Å². The van der Waals surface area contributed by atoms with Gasteiger partial charge in [-0.25, -0.2) is 14.8 Å². The lowest BCUT2D eigenvalue weighted by molar-refractivity contribution is 0.221. The Balaban J connectivity index is 2.29. The standard InChI is InChI=1S/C9H11ClN4O/c1-6-5-14(9(15)13(6)2)7-3-4-11-8(10)12-7/h3-4,6H,5H2,1-2H3. The van der Waals surface area contributed by atoms with Gasteiger partial charge in [0.1, 0.15) is 5.82 Å². The van der Waals surface area contributed by atoms with Gasteiger partial charge in [-0.15, -0.1) is 0 Å². The number of likely N-dealkylation sites (N-methyl/N-ethyl adjacent to an activating group) is 1. The molecule has 1 fully saturated rings. The number of carbonyl (C=O) groups is 1. The molecule has 1 aromatic heterocycles. The summed E-state index contributed by atoms with van der Waals surface area (Å²) < 4.78 is 0. The quantitative estimate of drug-likeness (QED) is 0.680. The Morgan fingerprint density at radius 3 is 2.87 bits per heavy atom. The van der Waals surface area contributed by atoms with Crippen molar-refractivity contribution in [3.8, 4) is 0 Å². The largest absolute Gasteiger partial charge is 0.325 e. The van der Waals surface area contributed by atoms with Crippen LogP contribution in [0.1, 0.15) is 6.92 Å². The van der Waals surface area contributed by atoms with Gasteiger partial charge in [0, 0.05) is 25.8 Å². The maximum atomic E-state index is 11.8. The number of rotatable bonds is 1. The van der Waals surface area contributed by atoms with E-state index < -0.39 is 0 Å². The Hall–Kier alpha value is -1.36. The van der Waals surface area contributed by atoms with E-state index in [1.807, 2.05) is 6.92 Å². The number of nitrogens with zero attached hydrogens (tertiary/aromatic N) is 4. The average Bonchev–Trinajstić information content (AvgIpc) is 2.46. The van der Waals surface area contributed by atoms with Gasteiger partial charge in [-0.1, -0.05) is 0 Å². The van der Waals surface area contributed by atoms with E-state index in [9.17, 15) is 4.79 Å². The molecule has 0 radical (unpaired) electrons. The molecule has 2 rings (SSSR count). The highest BCUT2D eigenvalue weighted by molar-refractivity contribution is 6.28. The van der Waals surface area contributed by atoms with E-state index in [2.05, 4.69) is 9.97 Å². The van der Waals surface area contributed by atoms with E-state index in [1.54, 1.807) is 29.1 Å². The summed E-state index contributed by atoms with van der Waals surface area (Å²) in [6.07, 6.45) is 1.54. The van der Waals surface area contributed by atoms with Crippen molar-refractivity contribution in [2.24, 2.45) is 0 Å². The number of anilines is 1. The Bertz CT molecular complexity index is 397. The number of aromatic nitrogens is 2. The van der Waals surface area contributed by atoms with Crippen molar-refractivity contribution in [3.63, 3.8) is 0 Å². The number of carbonyl (C=O) groups excluding carboxylic acids is 1. The first-order chi connectivity index (χ1) is 7.09. The number of amides is 2. The van der Waals surface area contributed by atoms with Crippen molar-refractivity contribution in [2.45, 2.75) is 13.0 Å². The van der Waals surface area contributed by atoms with Crippen LogP contribution in [0.25, 0.3) is 0 Å². The zero-order chi connectivity index (χ0) is 11.0. The molecule has 1 saturated heterocycles. The molecule has 0 N–H and O–H groups in total. The fourth-order valence-corrected chi connectivity index (χ4v) is 1.65. The molecule has 5 nitrogen and oxygen atoms in total. The topological polar surface area (TPSA) is 49.3 Å². The Kier molecular flexibility index (Phi) is 2.48. The smallest absolute Gasteiger partial charge is 0.323 e. The minimum Gasteiger partial charge on any atom is -0.323 e. The Morgan fingerprint density at radius 2 is 2.33 bits per heavy atom. The number of hydrogen-bond acceptors (Lipinski definition) is 3. The molecule has 1 aliphatic heterocycles. The summed E-state index contributed by atoms with van der Waals surface area (Å²) in [5.41, 5.74) is 0. The van der Waals surface area contributed by atoms with E-state index in [-0.39, 0.29) is 17.4 Å². The van der Waals surface area contributed by atoms with Crippen LogP contribution in [0, 0.1) is 0 Å². The van der Waals surface area contributed by atoms with Gasteiger partial charge >= 0.3 is 6.03 Å². The summed E-state index contributed by atoms with van der Waals surface area (Å²) in [5, 5.41) is 0.155. The van der Waals surface area contributed by atoms with Crippen LogP contribution in [0.2, 0.25) is 5.28 Å². The molecular formula is C9H11ClN4O. The summed E-state index contributed by atoms with van der Waals surface area (Å²) in [7, 11) is 1.77. The predicted octanol–water partition coefficient (Wildman–Crippen LogP) is 1.39. The maximum Gasteiger partial charge on any atom is 0.325 e. The lowest BCUT2D eigenvalue weighted by Crippen LogP contribution is -2.30. The molecule has 2 amide bonds. The SMILES string of the molecule is CC1CN(c2ccnc(Cl)n2)C(=O)N1C. The van der Waals surface area contributed by atoms with Gasteiger partial charge in [-0.05, 0) is 24.6 Å². The van der Waals surface area contributed by atoms with Crippen molar-refractivity contribution in [1.82, 2.24) is 14.9 Å². The number of hydrogen-bond donors (Lipinski definition) is 0. The summed E-state index contributed by atoms with van der Waals surface area (Å²) >= 11 is 5.67. The van der Waals surface area contributed by atoms with Crippen LogP contribution in [-0.2, 0) is 0 Å². The summed E-state index contributed by atoms with van der Waals surface area (Å²) in [6.45, 7) is 2.61. The van der Waals surface area contributed by atoms with Crippen LogP contribution >= 0.6 is 11.6 Å². The normalized spacial score (nSPS) is 21.3. The third-order valence-corrected chi connectivity index (χ3v) is 2.71. The molecule has 0 spiro atoms. The molecule has 1 aromatic rings. The molecule has 2 heterocycles. The zero-order valence-electron chi connectivity index (χ0n) is 8.51. The highest BCUT2D eigenvalue weighted by Crippen LogP contribution is 2.20. The third kappa shape index (κ3) is 1.74. The van der Waals surface area contributed by atoms with Gasteiger partial charge in [-0.2, -0.15) is 0 Å².